The molecule has 14 heavy (non-hydrogen) atoms. The van der Waals surface area contributed by atoms with Crippen molar-refractivity contribution >= 4 is 11.8 Å². The van der Waals surface area contributed by atoms with E-state index in [1.165, 1.54) is 12.8 Å². The summed E-state index contributed by atoms with van der Waals surface area (Å²) in [5.74, 6) is 2.55. The Morgan fingerprint density at radius 1 is 1.43 bits per heavy atom. The van der Waals surface area contributed by atoms with E-state index in [1.807, 2.05) is 0 Å². The number of thioether (sulfide) groups is 1. The molecule has 0 bridgehead atoms. The first-order valence-corrected chi connectivity index (χ1v) is 6.53. The maximum absolute atomic E-state index is 9.16. The smallest absolute Gasteiger partial charge is 0.0861 e. The van der Waals surface area contributed by atoms with Crippen LogP contribution >= 0.6 is 11.8 Å². The highest BCUT2D eigenvalue weighted by Gasteiger charge is 2.30. The fourth-order valence-corrected chi connectivity index (χ4v) is 2.66. The Balaban J connectivity index is 2.07. The van der Waals surface area contributed by atoms with Crippen LogP contribution in [0, 0.1) is 5.92 Å². The van der Waals surface area contributed by atoms with E-state index >= 15 is 0 Å². The first-order chi connectivity index (χ1) is 6.77. The van der Waals surface area contributed by atoms with Gasteiger partial charge in [0.05, 0.1) is 12.7 Å². The van der Waals surface area contributed by atoms with Crippen LogP contribution in [0.4, 0.5) is 0 Å². The van der Waals surface area contributed by atoms with Crippen LogP contribution in [0.15, 0.2) is 0 Å². The monoisotopic (exact) mass is 219 g/mol. The van der Waals surface area contributed by atoms with Crippen LogP contribution in [-0.4, -0.2) is 47.0 Å². The molecule has 4 heteroatoms. The van der Waals surface area contributed by atoms with Gasteiger partial charge in [0.1, 0.15) is 0 Å². The molecular formula is C10H21NO2S. The lowest BCUT2D eigenvalue weighted by Crippen LogP contribution is -2.33. The predicted molar refractivity (Wildman–Crippen MR) is 60.6 cm³/mol. The molecule has 1 aliphatic carbocycles. The zero-order chi connectivity index (χ0) is 10.4. The maximum Gasteiger partial charge on any atom is 0.0861 e. The molecular weight excluding hydrogens is 198 g/mol. The normalized spacial score (nSPS) is 20.8. The lowest BCUT2D eigenvalue weighted by molar-refractivity contribution is 0.113. The summed E-state index contributed by atoms with van der Waals surface area (Å²) in [5.41, 5.74) is 0. The number of hydrogen-bond acceptors (Lipinski definition) is 4. The molecule has 3 nitrogen and oxygen atoms in total. The molecule has 0 heterocycles. The van der Waals surface area contributed by atoms with Gasteiger partial charge in [-0.1, -0.05) is 6.92 Å². The van der Waals surface area contributed by atoms with E-state index < -0.39 is 6.10 Å². The SMILES string of the molecule is CCNC(CSCC(O)CO)C1CC1. The standard InChI is InChI=1S/C10H21NO2S/c1-2-11-10(8-3-4-8)7-14-6-9(13)5-12/h8-13H,2-7H2,1H3. The van der Waals surface area contributed by atoms with Crippen molar-refractivity contribution < 1.29 is 10.2 Å². The molecule has 0 amide bonds. The third-order valence-corrected chi connectivity index (χ3v) is 3.69. The molecule has 0 aromatic heterocycles. The first-order valence-electron chi connectivity index (χ1n) is 5.38. The van der Waals surface area contributed by atoms with Crippen LogP contribution in [-0.2, 0) is 0 Å². The van der Waals surface area contributed by atoms with Crippen molar-refractivity contribution in [2.75, 3.05) is 24.7 Å². The Bertz CT molecular complexity index is 153. The highest BCUT2D eigenvalue weighted by Crippen LogP contribution is 2.33. The highest BCUT2D eigenvalue weighted by atomic mass is 32.2. The van der Waals surface area contributed by atoms with Gasteiger partial charge >= 0.3 is 0 Å². The van der Waals surface area contributed by atoms with Crippen LogP contribution < -0.4 is 5.32 Å². The second-order valence-electron chi connectivity index (χ2n) is 3.88. The van der Waals surface area contributed by atoms with Crippen molar-refractivity contribution in [2.45, 2.75) is 31.9 Å². The van der Waals surface area contributed by atoms with Gasteiger partial charge in [-0.25, -0.2) is 0 Å². The Morgan fingerprint density at radius 3 is 2.64 bits per heavy atom. The van der Waals surface area contributed by atoms with E-state index in [-0.39, 0.29) is 6.61 Å². The number of nitrogens with one attached hydrogen (secondary N) is 1. The van der Waals surface area contributed by atoms with E-state index in [1.54, 1.807) is 11.8 Å². The van der Waals surface area contributed by atoms with Gasteiger partial charge in [0, 0.05) is 17.5 Å². The molecule has 0 aromatic carbocycles. The van der Waals surface area contributed by atoms with Crippen molar-refractivity contribution in [2.24, 2.45) is 5.92 Å². The van der Waals surface area contributed by atoms with E-state index in [2.05, 4.69) is 12.2 Å². The topological polar surface area (TPSA) is 52.5 Å². The summed E-state index contributed by atoms with van der Waals surface area (Å²) in [7, 11) is 0. The molecule has 1 aliphatic rings. The molecule has 0 aliphatic heterocycles. The van der Waals surface area contributed by atoms with E-state index in [9.17, 15) is 0 Å². The average Bonchev–Trinajstić information content (AvgIpc) is 2.99. The summed E-state index contributed by atoms with van der Waals surface area (Å²) < 4.78 is 0. The van der Waals surface area contributed by atoms with E-state index in [0.29, 0.717) is 11.8 Å². The fraction of sp³-hybridized carbons (Fsp3) is 1.00. The van der Waals surface area contributed by atoms with E-state index in [4.69, 9.17) is 10.2 Å². The molecule has 0 spiro atoms. The molecule has 3 N–H and O–H groups in total. The molecule has 0 aromatic rings. The first kappa shape index (κ1) is 12.3. The fourth-order valence-electron chi connectivity index (χ4n) is 1.51. The highest BCUT2D eigenvalue weighted by molar-refractivity contribution is 7.99. The summed E-state index contributed by atoms with van der Waals surface area (Å²) in [6, 6.07) is 0.607. The number of aliphatic hydroxyl groups excluding tert-OH is 2. The van der Waals surface area contributed by atoms with Crippen molar-refractivity contribution in [1.82, 2.24) is 5.32 Å². The third kappa shape index (κ3) is 4.64. The van der Waals surface area contributed by atoms with E-state index in [0.717, 1.165) is 18.2 Å². The second-order valence-corrected chi connectivity index (χ2v) is 4.95. The molecule has 84 valence electrons. The lowest BCUT2D eigenvalue weighted by Gasteiger charge is -2.17. The summed E-state index contributed by atoms with van der Waals surface area (Å²) in [5, 5.41) is 21.3. The van der Waals surface area contributed by atoms with Crippen LogP contribution in [0.2, 0.25) is 0 Å². The number of hydrogen-bond donors (Lipinski definition) is 3. The van der Waals surface area contributed by atoms with Gasteiger partial charge in [-0.3, -0.25) is 0 Å². The van der Waals surface area contributed by atoms with Gasteiger partial charge in [-0.2, -0.15) is 11.8 Å². The van der Waals surface area contributed by atoms with Crippen molar-refractivity contribution in [3.05, 3.63) is 0 Å². The maximum atomic E-state index is 9.16. The molecule has 2 atom stereocenters. The summed E-state index contributed by atoms with van der Waals surface area (Å²) in [6.07, 6.45) is 2.14. The van der Waals surface area contributed by atoms with Crippen LogP contribution in [0.3, 0.4) is 0 Å². The van der Waals surface area contributed by atoms with Crippen molar-refractivity contribution in [1.29, 1.82) is 0 Å². The summed E-state index contributed by atoms with van der Waals surface area (Å²) in [6.45, 7) is 3.02. The summed E-state index contributed by atoms with van der Waals surface area (Å²) in [4.78, 5) is 0. The van der Waals surface area contributed by atoms with Crippen LogP contribution in [0.1, 0.15) is 19.8 Å². The zero-order valence-electron chi connectivity index (χ0n) is 8.78. The van der Waals surface area contributed by atoms with Crippen LogP contribution in [0.5, 0.6) is 0 Å². The van der Waals surface area contributed by atoms with Gasteiger partial charge in [0.15, 0.2) is 0 Å². The summed E-state index contributed by atoms with van der Waals surface area (Å²) >= 11 is 1.73. The van der Waals surface area contributed by atoms with Crippen molar-refractivity contribution in [3.8, 4) is 0 Å². The Kier molecular flexibility index (Phi) is 5.86. The van der Waals surface area contributed by atoms with Gasteiger partial charge in [-0.05, 0) is 25.3 Å². The van der Waals surface area contributed by atoms with Gasteiger partial charge < -0.3 is 15.5 Å². The van der Waals surface area contributed by atoms with Gasteiger partial charge in [0.25, 0.3) is 0 Å². The lowest BCUT2D eigenvalue weighted by atomic mass is 10.2. The minimum atomic E-state index is -0.554. The predicted octanol–water partition coefficient (Wildman–Crippen LogP) is 0.461. The largest absolute Gasteiger partial charge is 0.394 e. The zero-order valence-corrected chi connectivity index (χ0v) is 9.59. The molecule has 2 unspecified atom stereocenters. The van der Waals surface area contributed by atoms with Crippen molar-refractivity contribution in [3.63, 3.8) is 0 Å². The third-order valence-electron chi connectivity index (χ3n) is 2.48. The molecule has 1 rings (SSSR count). The Hall–Kier alpha value is 0.230. The Morgan fingerprint density at radius 2 is 2.14 bits per heavy atom. The second kappa shape index (κ2) is 6.67. The minimum absolute atomic E-state index is 0.123. The quantitative estimate of drug-likeness (QED) is 0.555. The number of rotatable bonds is 8. The molecule has 1 fully saturated rings. The average molecular weight is 219 g/mol. The number of aliphatic hydroxyl groups is 2. The molecule has 0 radical (unpaired) electrons. The minimum Gasteiger partial charge on any atom is -0.394 e. The molecule has 1 saturated carbocycles. The van der Waals surface area contributed by atoms with Gasteiger partial charge in [0.2, 0.25) is 0 Å². The van der Waals surface area contributed by atoms with Crippen LogP contribution in [0.25, 0.3) is 0 Å². The Labute approximate surface area is 90.3 Å². The van der Waals surface area contributed by atoms with Gasteiger partial charge in [-0.15, -0.1) is 0 Å². The molecule has 0 saturated heterocycles.